The van der Waals surface area contributed by atoms with Crippen molar-refractivity contribution in [3.8, 4) is 0 Å². The average Bonchev–Trinajstić information content (AvgIpc) is 2.45. The van der Waals surface area contributed by atoms with E-state index in [4.69, 9.17) is 5.73 Å². The summed E-state index contributed by atoms with van der Waals surface area (Å²) in [6.45, 7) is 1.61. The summed E-state index contributed by atoms with van der Waals surface area (Å²) in [5.41, 5.74) is 5.85. The molecule has 3 nitrogen and oxygen atoms in total. The van der Waals surface area contributed by atoms with Crippen molar-refractivity contribution in [1.29, 1.82) is 0 Å². The number of alkyl halides is 3. The molecule has 1 aliphatic rings. The van der Waals surface area contributed by atoms with Gasteiger partial charge in [0.05, 0.1) is 5.56 Å². The van der Waals surface area contributed by atoms with Gasteiger partial charge in [0.15, 0.2) is 0 Å². The number of piperidine rings is 1. The number of hydrogen-bond acceptors (Lipinski definition) is 3. The lowest BCUT2D eigenvalue weighted by atomic mass is 10.0. The predicted octanol–water partition coefficient (Wildman–Crippen LogP) is 2.69. The van der Waals surface area contributed by atoms with Crippen molar-refractivity contribution in [2.45, 2.75) is 31.6 Å². The van der Waals surface area contributed by atoms with Crippen molar-refractivity contribution in [2.75, 3.05) is 32.1 Å². The zero-order chi connectivity index (χ0) is 15.6. The maximum atomic E-state index is 12.9. The van der Waals surface area contributed by atoms with Crippen LogP contribution in [0.2, 0.25) is 0 Å². The molecule has 0 aliphatic carbocycles. The van der Waals surface area contributed by atoms with E-state index in [1.165, 1.54) is 0 Å². The van der Waals surface area contributed by atoms with E-state index in [1.54, 1.807) is 12.1 Å². The van der Waals surface area contributed by atoms with E-state index in [-0.39, 0.29) is 12.1 Å². The maximum Gasteiger partial charge on any atom is 0.416 e. The van der Waals surface area contributed by atoms with Gasteiger partial charge < -0.3 is 15.5 Å². The molecule has 2 N–H and O–H groups in total. The standard InChI is InChI=1S/C15H22F3N3/c1-20(2)13-4-3-7-21(10-13)12-5-6-14(15(16,17)18)11(8-12)9-19/h5-6,8,13H,3-4,7,9-10,19H2,1-2H3. The van der Waals surface area contributed by atoms with Crippen LogP contribution in [0.15, 0.2) is 18.2 Å². The topological polar surface area (TPSA) is 32.5 Å². The number of rotatable bonds is 3. The van der Waals surface area contributed by atoms with Gasteiger partial charge in [-0.15, -0.1) is 0 Å². The van der Waals surface area contributed by atoms with Gasteiger partial charge in [-0.25, -0.2) is 0 Å². The second kappa shape index (κ2) is 6.23. The van der Waals surface area contributed by atoms with E-state index >= 15 is 0 Å². The molecule has 6 heteroatoms. The van der Waals surface area contributed by atoms with E-state index < -0.39 is 11.7 Å². The molecule has 0 spiro atoms. The van der Waals surface area contributed by atoms with Gasteiger partial charge in [-0.1, -0.05) is 0 Å². The fraction of sp³-hybridized carbons (Fsp3) is 0.600. The summed E-state index contributed by atoms with van der Waals surface area (Å²) in [6.07, 6.45) is -2.18. The molecule has 118 valence electrons. The lowest BCUT2D eigenvalue weighted by molar-refractivity contribution is -0.138. The Bertz CT molecular complexity index is 486. The second-order valence-electron chi connectivity index (χ2n) is 5.75. The Morgan fingerprint density at radius 1 is 1.33 bits per heavy atom. The van der Waals surface area contributed by atoms with Crippen molar-refractivity contribution in [3.05, 3.63) is 29.3 Å². The van der Waals surface area contributed by atoms with Crippen LogP contribution in [0.3, 0.4) is 0 Å². The highest BCUT2D eigenvalue weighted by Crippen LogP contribution is 2.34. The van der Waals surface area contributed by atoms with Gasteiger partial charge in [0, 0.05) is 31.4 Å². The highest BCUT2D eigenvalue weighted by Gasteiger charge is 2.33. The van der Waals surface area contributed by atoms with Crippen LogP contribution in [-0.4, -0.2) is 38.1 Å². The SMILES string of the molecule is CN(C)C1CCCN(c2ccc(C(F)(F)F)c(CN)c2)C1. The normalized spacial score (nSPS) is 20.1. The number of anilines is 1. The molecule has 1 unspecified atom stereocenters. The minimum absolute atomic E-state index is 0.104. The monoisotopic (exact) mass is 301 g/mol. The summed E-state index contributed by atoms with van der Waals surface area (Å²) < 4.78 is 38.7. The van der Waals surface area contributed by atoms with Gasteiger partial charge >= 0.3 is 6.18 Å². The van der Waals surface area contributed by atoms with Gasteiger partial charge in [0.2, 0.25) is 0 Å². The van der Waals surface area contributed by atoms with Crippen molar-refractivity contribution >= 4 is 5.69 Å². The predicted molar refractivity (Wildman–Crippen MR) is 78.3 cm³/mol. The maximum absolute atomic E-state index is 12.9. The molecule has 0 radical (unpaired) electrons. The molecule has 2 rings (SSSR count). The quantitative estimate of drug-likeness (QED) is 0.931. The smallest absolute Gasteiger partial charge is 0.370 e. The largest absolute Gasteiger partial charge is 0.416 e. The van der Waals surface area contributed by atoms with Crippen LogP contribution < -0.4 is 10.6 Å². The summed E-state index contributed by atoms with van der Waals surface area (Å²) in [5, 5.41) is 0. The van der Waals surface area contributed by atoms with Crippen LogP contribution in [0.4, 0.5) is 18.9 Å². The zero-order valence-electron chi connectivity index (χ0n) is 12.5. The summed E-state index contributed by atoms with van der Waals surface area (Å²) in [4.78, 5) is 4.31. The third-order valence-electron chi connectivity index (χ3n) is 4.11. The Kier molecular flexibility index (Phi) is 4.78. The molecule has 1 atom stereocenters. The van der Waals surface area contributed by atoms with Crippen molar-refractivity contribution < 1.29 is 13.2 Å². The highest BCUT2D eigenvalue weighted by molar-refractivity contribution is 5.52. The number of likely N-dealkylation sites (N-methyl/N-ethyl adjacent to an activating group) is 1. The number of nitrogens with zero attached hydrogens (tertiary/aromatic N) is 2. The fourth-order valence-electron chi connectivity index (χ4n) is 2.83. The Labute approximate surface area is 123 Å². The van der Waals surface area contributed by atoms with Crippen LogP contribution in [-0.2, 0) is 12.7 Å². The Morgan fingerprint density at radius 3 is 2.62 bits per heavy atom. The first-order valence-electron chi connectivity index (χ1n) is 7.14. The molecule has 0 bridgehead atoms. The summed E-state index contributed by atoms with van der Waals surface area (Å²) in [7, 11) is 4.07. The van der Waals surface area contributed by atoms with E-state index in [9.17, 15) is 13.2 Å². The Balaban J connectivity index is 2.24. The molecule has 1 aromatic carbocycles. The molecule has 21 heavy (non-hydrogen) atoms. The second-order valence-corrected chi connectivity index (χ2v) is 5.75. The van der Waals surface area contributed by atoms with Crippen LogP contribution in [0, 0.1) is 0 Å². The van der Waals surface area contributed by atoms with E-state index in [0.717, 1.165) is 37.7 Å². The van der Waals surface area contributed by atoms with Crippen molar-refractivity contribution in [1.82, 2.24) is 4.90 Å². The fourth-order valence-corrected chi connectivity index (χ4v) is 2.83. The Hall–Kier alpha value is -1.27. The molecule has 1 saturated heterocycles. The lowest BCUT2D eigenvalue weighted by Gasteiger charge is -2.37. The highest BCUT2D eigenvalue weighted by atomic mass is 19.4. The van der Waals surface area contributed by atoms with Gasteiger partial charge in [-0.05, 0) is 50.7 Å². The third kappa shape index (κ3) is 3.68. The number of nitrogens with two attached hydrogens (primary N) is 1. The minimum atomic E-state index is -4.35. The molecule has 1 aliphatic heterocycles. The van der Waals surface area contributed by atoms with Gasteiger partial charge in [0.1, 0.15) is 0 Å². The van der Waals surface area contributed by atoms with Crippen molar-refractivity contribution in [3.63, 3.8) is 0 Å². The molecular weight excluding hydrogens is 279 g/mol. The van der Waals surface area contributed by atoms with Crippen LogP contribution in [0.5, 0.6) is 0 Å². The van der Waals surface area contributed by atoms with Gasteiger partial charge in [-0.2, -0.15) is 13.2 Å². The van der Waals surface area contributed by atoms with Gasteiger partial charge in [0.25, 0.3) is 0 Å². The molecule has 0 aromatic heterocycles. The third-order valence-corrected chi connectivity index (χ3v) is 4.11. The zero-order valence-corrected chi connectivity index (χ0v) is 12.5. The van der Waals surface area contributed by atoms with Crippen molar-refractivity contribution in [2.24, 2.45) is 5.73 Å². The summed E-state index contributed by atoms with van der Waals surface area (Å²) >= 11 is 0. The Morgan fingerprint density at radius 2 is 2.05 bits per heavy atom. The van der Waals surface area contributed by atoms with E-state index in [2.05, 4.69) is 9.80 Å². The van der Waals surface area contributed by atoms with Crippen LogP contribution >= 0.6 is 0 Å². The number of benzene rings is 1. The molecule has 1 fully saturated rings. The molecule has 0 amide bonds. The molecular formula is C15H22F3N3. The number of halogens is 3. The first-order valence-corrected chi connectivity index (χ1v) is 7.14. The average molecular weight is 301 g/mol. The number of hydrogen-bond donors (Lipinski definition) is 1. The summed E-state index contributed by atoms with van der Waals surface area (Å²) in [6, 6.07) is 4.72. The van der Waals surface area contributed by atoms with Crippen LogP contribution in [0.1, 0.15) is 24.0 Å². The molecule has 1 heterocycles. The van der Waals surface area contributed by atoms with Crippen LogP contribution in [0.25, 0.3) is 0 Å². The molecule has 1 aromatic rings. The summed E-state index contributed by atoms with van der Waals surface area (Å²) in [5.74, 6) is 0. The van der Waals surface area contributed by atoms with Gasteiger partial charge in [-0.3, -0.25) is 0 Å². The minimum Gasteiger partial charge on any atom is -0.370 e. The first kappa shape index (κ1) is 16.1. The lowest BCUT2D eigenvalue weighted by Crippen LogP contribution is -2.45. The first-order chi connectivity index (χ1) is 9.82. The van der Waals surface area contributed by atoms with E-state index in [1.807, 2.05) is 14.1 Å². The van der Waals surface area contributed by atoms with E-state index in [0.29, 0.717) is 6.04 Å². The molecule has 0 saturated carbocycles.